The van der Waals surface area contributed by atoms with E-state index >= 15 is 0 Å². The molecule has 2 amide bonds. The van der Waals surface area contributed by atoms with Crippen LogP contribution in [0.25, 0.3) is 0 Å². The van der Waals surface area contributed by atoms with Gasteiger partial charge in [0.15, 0.2) is 0 Å². The molecule has 0 radical (unpaired) electrons. The van der Waals surface area contributed by atoms with E-state index in [0.29, 0.717) is 12.1 Å². The SMILES string of the molecule is Cc1ccc(S(=O)(=O)ONC(=O)O[C@H]2C=C[C@H](n3cccc3C(N)=O)C2)cc1. The second kappa shape index (κ2) is 7.87. The van der Waals surface area contributed by atoms with Gasteiger partial charge in [0.25, 0.3) is 5.91 Å². The fourth-order valence-corrected chi connectivity index (χ4v) is 3.58. The third-order valence-corrected chi connectivity index (χ3v) is 5.37. The van der Waals surface area contributed by atoms with Gasteiger partial charge < -0.3 is 15.0 Å². The van der Waals surface area contributed by atoms with Gasteiger partial charge in [0.2, 0.25) is 0 Å². The van der Waals surface area contributed by atoms with Crippen molar-refractivity contribution in [2.24, 2.45) is 5.73 Å². The second-order valence-corrected chi connectivity index (χ2v) is 7.80. The number of amides is 2. The standard InChI is InChI=1S/C18H19N3O6S/c1-12-4-8-15(9-5-12)28(24,25)27-20-18(23)26-14-7-6-13(11-14)21-10-2-3-16(21)17(19)22/h2-10,13-14H,11H2,1H3,(H2,19,22)(H,20,23)/t13-,14-/m0/s1. The molecule has 0 saturated heterocycles. The molecule has 1 aliphatic carbocycles. The Morgan fingerprint density at radius 3 is 2.57 bits per heavy atom. The summed E-state index contributed by atoms with van der Waals surface area (Å²) >= 11 is 0. The highest BCUT2D eigenvalue weighted by Crippen LogP contribution is 2.27. The number of rotatable bonds is 6. The Morgan fingerprint density at radius 2 is 1.89 bits per heavy atom. The lowest BCUT2D eigenvalue weighted by atomic mass is 10.2. The molecule has 2 atom stereocenters. The minimum Gasteiger partial charge on any atom is -0.440 e. The minimum absolute atomic E-state index is 0.0918. The van der Waals surface area contributed by atoms with E-state index in [9.17, 15) is 18.0 Å². The van der Waals surface area contributed by atoms with Gasteiger partial charge in [-0.05, 0) is 37.3 Å². The molecule has 0 unspecified atom stereocenters. The van der Waals surface area contributed by atoms with Crippen molar-refractivity contribution in [3.8, 4) is 0 Å². The van der Waals surface area contributed by atoms with Gasteiger partial charge in [-0.15, -0.1) is 4.28 Å². The number of carbonyl (C=O) groups is 2. The largest absolute Gasteiger partial charge is 0.440 e. The predicted octanol–water partition coefficient (Wildman–Crippen LogP) is 1.81. The number of hydroxylamine groups is 1. The van der Waals surface area contributed by atoms with Crippen molar-refractivity contribution >= 4 is 22.1 Å². The summed E-state index contributed by atoms with van der Waals surface area (Å²) in [5.74, 6) is -0.560. The van der Waals surface area contributed by atoms with E-state index in [0.717, 1.165) is 5.56 Å². The van der Waals surface area contributed by atoms with Crippen LogP contribution in [0.5, 0.6) is 0 Å². The van der Waals surface area contributed by atoms with Gasteiger partial charge in [0, 0.05) is 12.6 Å². The molecular formula is C18H19N3O6S. The van der Waals surface area contributed by atoms with Crippen molar-refractivity contribution in [1.82, 2.24) is 10.0 Å². The summed E-state index contributed by atoms with van der Waals surface area (Å²) in [6.07, 6.45) is 3.83. The number of hydrogen-bond donors (Lipinski definition) is 2. The van der Waals surface area contributed by atoms with E-state index in [2.05, 4.69) is 4.28 Å². The maximum absolute atomic E-state index is 12.0. The number of aryl methyl sites for hydroxylation is 1. The lowest BCUT2D eigenvalue weighted by molar-refractivity contribution is 0.0795. The van der Waals surface area contributed by atoms with Gasteiger partial charge in [-0.25, -0.2) is 4.79 Å². The Morgan fingerprint density at radius 1 is 1.18 bits per heavy atom. The fraction of sp³-hybridized carbons (Fsp3) is 0.222. The van der Waals surface area contributed by atoms with Crippen LogP contribution in [-0.4, -0.2) is 31.1 Å². The van der Waals surface area contributed by atoms with Crippen molar-refractivity contribution in [1.29, 1.82) is 0 Å². The maximum atomic E-state index is 12.0. The molecule has 10 heteroatoms. The van der Waals surface area contributed by atoms with Crippen molar-refractivity contribution in [3.05, 3.63) is 66.0 Å². The first-order valence-corrected chi connectivity index (χ1v) is 9.79. The van der Waals surface area contributed by atoms with Crippen LogP contribution in [-0.2, 0) is 19.1 Å². The molecule has 1 aromatic carbocycles. The van der Waals surface area contributed by atoms with Crippen LogP contribution in [0, 0.1) is 6.92 Å². The monoisotopic (exact) mass is 405 g/mol. The first kappa shape index (κ1) is 19.6. The number of nitrogens with zero attached hydrogens (tertiary/aromatic N) is 1. The topological polar surface area (TPSA) is 130 Å². The van der Waals surface area contributed by atoms with E-state index in [-0.39, 0.29) is 10.9 Å². The van der Waals surface area contributed by atoms with Gasteiger partial charge in [-0.1, -0.05) is 23.8 Å². The predicted molar refractivity (Wildman–Crippen MR) is 98.6 cm³/mol. The second-order valence-electron chi connectivity index (χ2n) is 6.25. The molecule has 0 saturated carbocycles. The zero-order chi connectivity index (χ0) is 20.3. The number of benzene rings is 1. The van der Waals surface area contributed by atoms with Crippen LogP contribution in [0.15, 0.2) is 59.6 Å². The summed E-state index contributed by atoms with van der Waals surface area (Å²) in [5, 5.41) is 0. The number of ether oxygens (including phenoxy) is 1. The van der Waals surface area contributed by atoms with Crippen LogP contribution in [0.3, 0.4) is 0 Å². The van der Waals surface area contributed by atoms with Crippen LogP contribution >= 0.6 is 0 Å². The smallest absolute Gasteiger partial charge is 0.433 e. The number of aromatic nitrogens is 1. The number of nitrogens with one attached hydrogen (secondary N) is 1. The number of allylic oxidation sites excluding steroid dienone is 1. The number of carbonyl (C=O) groups excluding carboxylic acids is 2. The Balaban J connectivity index is 1.53. The minimum atomic E-state index is -4.15. The van der Waals surface area contributed by atoms with Crippen LogP contribution < -0.4 is 11.2 Å². The summed E-state index contributed by atoms with van der Waals surface area (Å²) in [5.41, 5.74) is 8.33. The number of hydrogen-bond acceptors (Lipinski definition) is 6. The fourth-order valence-electron chi connectivity index (χ4n) is 2.84. The van der Waals surface area contributed by atoms with Crippen LogP contribution in [0.2, 0.25) is 0 Å². The average Bonchev–Trinajstić information content (AvgIpc) is 3.29. The molecular weight excluding hydrogens is 386 g/mol. The Labute approximate surface area is 161 Å². The molecule has 0 aliphatic heterocycles. The maximum Gasteiger partial charge on any atom is 0.433 e. The zero-order valence-electron chi connectivity index (χ0n) is 14.9. The van der Waals surface area contributed by atoms with E-state index in [1.165, 1.54) is 12.1 Å². The van der Waals surface area contributed by atoms with Gasteiger partial charge in [0.1, 0.15) is 11.8 Å². The Hall–Kier alpha value is -3.11. The molecule has 1 aliphatic rings. The van der Waals surface area contributed by atoms with Crippen molar-refractivity contribution in [3.63, 3.8) is 0 Å². The molecule has 2 aromatic rings. The van der Waals surface area contributed by atoms with Crippen LogP contribution in [0.1, 0.15) is 28.5 Å². The molecule has 9 nitrogen and oxygen atoms in total. The molecule has 148 valence electrons. The van der Waals surface area contributed by atoms with Gasteiger partial charge >= 0.3 is 16.2 Å². The van der Waals surface area contributed by atoms with Crippen molar-refractivity contribution < 1.29 is 27.0 Å². The lowest BCUT2D eigenvalue weighted by Crippen LogP contribution is -2.30. The summed E-state index contributed by atoms with van der Waals surface area (Å²) < 4.78 is 35.4. The van der Waals surface area contributed by atoms with Gasteiger partial charge in [-0.3, -0.25) is 4.79 Å². The van der Waals surface area contributed by atoms with E-state index < -0.39 is 28.2 Å². The highest BCUT2D eigenvalue weighted by Gasteiger charge is 2.26. The Bertz CT molecular complexity index is 1010. The third kappa shape index (κ3) is 4.41. The van der Waals surface area contributed by atoms with Crippen LogP contribution in [0.4, 0.5) is 4.79 Å². The van der Waals surface area contributed by atoms with E-state index in [1.807, 2.05) is 6.92 Å². The molecule has 28 heavy (non-hydrogen) atoms. The average molecular weight is 405 g/mol. The van der Waals surface area contributed by atoms with E-state index in [1.54, 1.807) is 52.7 Å². The molecule has 0 fully saturated rings. The normalized spacial score (nSPS) is 18.8. The highest BCUT2D eigenvalue weighted by atomic mass is 32.2. The Kier molecular flexibility index (Phi) is 5.52. The summed E-state index contributed by atoms with van der Waals surface area (Å²) in [6, 6.07) is 9.04. The van der Waals surface area contributed by atoms with Gasteiger partial charge in [0.05, 0.1) is 10.9 Å². The van der Waals surface area contributed by atoms with Crippen molar-refractivity contribution in [2.45, 2.75) is 30.4 Å². The third-order valence-electron chi connectivity index (χ3n) is 4.21. The molecule has 3 rings (SSSR count). The molecule has 3 N–H and O–H groups in total. The molecule has 0 bridgehead atoms. The molecule has 0 spiro atoms. The van der Waals surface area contributed by atoms with E-state index in [4.69, 9.17) is 10.5 Å². The first-order chi connectivity index (χ1) is 13.3. The highest BCUT2D eigenvalue weighted by molar-refractivity contribution is 7.86. The molecule has 1 aromatic heterocycles. The van der Waals surface area contributed by atoms with Crippen molar-refractivity contribution in [2.75, 3.05) is 0 Å². The first-order valence-electron chi connectivity index (χ1n) is 8.38. The number of primary amides is 1. The molecule has 1 heterocycles. The summed E-state index contributed by atoms with van der Waals surface area (Å²) in [6.45, 7) is 1.81. The quantitative estimate of drug-likeness (QED) is 0.557. The summed E-state index contributed by atoms with van der Waals surface area (Å²) in [4.78, 5) is 23.2. The zero-order valence-corrected chi connectivity index (χ0v) is 15.8. The summed E-state index contributed by atoms with van der Waals surface area (Å²) in [7, 11) is -4.15. The lowest BCUT2D eigenvalue weighted by Gasteiger charge is -2.16. The van der Waals surface area contributed by atoms with Gasteiger partial charge in [-0.2, -0.15) is 13.9 Å². The number of nitrogens with two attached hydrogens (primary N) is 1.